The fourth-order valence-corrected chi connectivity index (χ4v) is 2.16. The maximum atomic E-state index is 9.30. The van der Waals surface area contributed by atoms with E-state index in [1.165, 1.54) is 16.7 Å². The van der Waals surface area contributed by atoms with Crippen LogP contribution in [0.1, 0.15) is 22.3 Å². The minimum absolute atomic E-state index is 0.117. The zero-order valence-corrected chi connectivity index (χ0v) is 10.6. The lowest BCUT2D eigenvalue weighted by Gasteiger charge is -2.11. The predicted octanol–water partition coefficient (Wildman–Crippen LogP) is 3.77. The van der Waals surface area contributed by atoms with Crippen LogP contribution in [0.3, 0.4) is 0 Å². The van der Waals surface area contributed by atoms with E-state index in [2.05, 4.69) is 57.2 Å². The first-order chi connectivity index (χ1) is 8.11. The van der Waals surface area contributed by atoms with Gasteiger partial charge in [-0.15, -0.1) is 0 Å². The zero-order valence-electron chi connectivity index (χ0n) is 10.6. The second-order valence-electron chi connectivity index (χ2n) is 4.61. The van der Waals surface area contributed by atoms with Gasteiger partial charge in [-0.2, -0.15) is 0 Å². The van der Waals surface area contributed by atoms with Crippen LogP contribution in [0.25, 0.3) is 11.1 Å². The molecule has 88 valence electrons. The third-order valence-electron chi connectivity index (χ3n) is 3.24. The van der Waals surface area contributed by atoms with Crippen molar-refractivity contribution in [1.29, 1.82) is 0 Å². The van der Waals surface area contributed by atoms with Crippen molar-refractivity contribution < 1.29 is 5.11 Å². The molecule has 0 saturated heterocycles. The molecule has 1 heteroatoms. The summed E-state index contributed by atoms with van der Waals surface area (Å²) in [5.74, 6) is 0. The molecule has 1 N–H and O–H groups in total. The Morgan fingerprint density at radius 3 is 1.82 bits per heavy atom. The Hall–Kier alpha value is -1.60. The van der Waals surface area contributed by atoms with Gasteiger partial charge in [0.1, 0.15) is 0 Å². The molecule has 0 heterocycles. The van der Waals surface area contributed by atoms with Crippen LogP contribution in [0.4, 0.5) is 0 Å². The van der Waals surface area contributed by atoms with Crippen LogP contribution >= 0.6 is 0 Å². The van der Waals surface area contributed by atoms with E-state index in [-0.39, 0.29) is 6.61 Å². The molecule has 0 saturated carbocycles. The van der Waals surface area contributed by atoms with E-state index >= 15 is 0 Å². The van der Waals surface area contributed by atoms with Gasteiger partial charge in [0.25, 0.3) is 0 Å². The van der Waals surface area contributed by atoms with Crippen LogP contribution in [0.2, 0.25) is 0 Å². The summed E-state index contributed by atoms with van der Waals surface area (Å²) in [6, 6.07) is 12.8. The lowest BCUT2D eigenvalue weighted by Crippen LogP contribution is -1.94. The Kier molecular flexibility index (Phi) is 3.30. The Morgan fingerprint density at radius 2 is 1.35 bits per heavy atom. The number of aryl methyl sites for hydroxylation is 3. The first-order valence-corrected chi connectivity index (χ1v) is 5.90. The fourth-order valence-electron chi connectivity index (χ4n) is 2.16. The van der Waals surface area contributed by atoms with Crippen LogP contribution in [-0.4, -0.2) is 5.11 Å². The summed E-state index contributed by atoms with van der Waals surface area (Å²) in [4.78, 5) is 0. The van der Waals surface area contributed by atoms with E-state index in [1.54, 1.807) is 0 Å². The predicted molar refractivity (Wildman–Crippen MR) is 72.0 cm³/mol. The highest BCUT2D eigenvalue weighted by Crippen LogP contribution is 2.25. The molecule has 2 aromatic carbocycles. The lowest BCUT2D eigenvalue weighted by molar-refractivity contribution is 0.280. The highest BCUT2D eigenvalue weighted by Gasteiger charge is 2.05. The van der Waals surface area contributed by atoms with Gasteiger partial charge in [-0.25, -0.2) is 0 Å². The summed E-state index contributed by atoms with van der Waals surface area (Å²) in [7, 11) is 0. The molecule has 1 nitrogen and oxygen atoms in total. The zero-order chi connectivity index (χ0) is 12.4. The first kappa shape index (κ1) is 11.9. The number of aliphatic hydroxyl groups is 1. The monoisotopic (exact) mass is 226 g/mol. The van der Waals surface area contributed by atoms with Gasteiger partial charge in [0, 0.05) is 0 Å². The van der Waals surface area contributed by atoms with E-state index in [0.717, 1.165) is 16.7 Å². The largest absolute Gasteiger partial charge is 0.392 e. The van der Waals surface area contributed by atoms with Crippen molar-refractivity contribution in [3.05, 3.63) is 58.7 Å². The third kappa shape index (κ3) is 2.40. The van der Waals surface area contributed by atoms with E-state index in [1.807, 2.05) is 0 Å². The molecule has 0 radical (unpaired) electrons. The van der Waals surface area contributed by atoms with Crippen LogP contribution in [0.5, 0.6) is 0 Å². The maximum absolute atomic E-state index is 9.30. The minimum Gasteiger partial charge on any atom is -0.392 e. The third-order valence-corrected chi connectivity index (χ3v) is 3.24. The molecule has 2 rings (SSSR count). The van der Waals surface area contributed by atoms with E-state index in [4.69, 9.17) is 0 Å². The highest BCUT2D eigenvalue weighted by atomic mass is 16.3. The molecule has 0 unspecified atom stereocenters. The summed E-state index contributed by atoms with van der Waals surface area (Å²) in [5, 5.41) is 9.30. The minimum atomic E-state index is 0.117. The molecule has 0 amide bonds. The van der Waals surface area contributed by atoms with Crippen molar-refractivity contribution in [2.24, 2.45) is 0 Å². The average molecular weight is 226 g/mol. The topological polar surface area (TPSA) is 20.2 Å². The number of aliphatic hydroxyl groups excluding tert-OH is 1. The summed E-state index contributed by atoms with van der Waals surface area (Å²) >= 11 is 0. The van der Waals surface area contributed by atoms with Crippen molar-refractivity contribution in [3.8, 4) is 11.1 Å². The summed E-state index contributed by atoms with van der Waals surface area (Å²) in [5.41, 5.74) is 7.07. The highest BCUT2D eigenvalue weighted by molar-refractivity contribution is 5.66. The van der Waals surface area contributed by atoms with Crippen LogP contribution in [0, 0.1) is 20.8 Å². The average Bonchev–Trinajstić information content (AvgIpc) is 2.29. The van der Waals surface area contributed by atoms with Crippen molar-refractivity contribution in [1.82, 2.24) is 0 Å². The number of hydrogen-bond acceptors (Lipinski definition) is 1. The normalized spacial score (nSPS) is 10.6. The SMILES string of the molecule is Cc1ccc(-c2cc(C)c(CO)c(C)c2)cc1. The van der Waals surface area contributed by atoms with Crippen LogP contribution < -0.4 is 0 Å². The summed E-state index contributed by atoms with van der Waals surface area (Å²) in [6.07, 6.45) is 0. The Bertz CT molecular complexity index is 501. The van der Waals surface area contributed by atoms with Crippen molar-refractivity contribution in [3.63, 3.8) is 0 Å². The van der Waals surface area contributed by atoms with Gasteiger partial charge in [-0.05, 0) is 48.6 Å². The molecule has 0 aliphatic rings. The maximum Gasteiger partial charge on any atom is 0.0686 e. The van der Waals surface area contributed by atoms with Gasteiger partial charge >= 0.3 is 0 Å². The molecule has 0 aliphatic carbocycles. The van der Waals surface area contributed by atoms with Gasteiger partial charge < -0.3 is 5.11 Å². The molecular formula is C16H18O. The molecule has 0 spiro atoms. The number of rotatable bonds is 2. The molecule has 0 atom stereocenters. The standard InChI is InChI=1S/C16H18O/c1-11-4-6-14(7-5-11)15-8-12(2)16(10-17)13(3)9-15/h4-9,17H,10H2,1-3H3. The quantitative estimate of drug-likeness (QED) is 0.826. The van der Waals surface area contributed by atoms with Crippen molar-refractivity contribution >= 4 is 0 Å². The lowest BCUT2D eigenvalue weighted by atomic mass is 9.95. The molecule has 0 bridgehead atoms. The van der Waals surface area contributed by atoms with Crippen molar-refractivity contribution in [2.45, 2.75) is 27.4 Å². The second kappa shape index (κ2) is 4.72. The Balaban J connectivity index is 2.50. The van der Waals surface area contributed by atoms with Crippen LogP contribution in [-0.2, 0) is 6.61 Å². The molecule has 0 aromatic heterocycles. The Morgan fingerprint density at radius 1 is 0.824 bits per heavy atom. The molecule has 0 fully saturated rings. The van der Waals surface area contributed by atoms with Gasteiger partial charge in [-0.3, -0.25) is 0 Å². The number of benzene rings is 2. The van der Waals surface area contributed by atoms with Crippen LogP contribution in [0.15, 0.2) is 36.4 Å². The van der Waals surface area contributed by atoms with E-state index < -0.39 is 0 Å². The van der Waals surface area contributed by atoms with Gasteiger partial charge in [0.15, 0.2) is 0 Å². The fraction of sp³-hybridized carbons (Fsp3) is 0.250. The second-order valence-corrected chi connectivity index (χ2v) is 4.61. The number of hydrogen-bond donors (Lipinski definition) is 1. The van der Waals surface area contributed by atoms with E-state index in [0.29, 0.717) is 0 Å². The molecule has 0 aliphatic heterocycles. The summed E-state index contributed by atoms with van der Waals surface area (Å²) < 4.78 is 0. The molecule has 2 aromatic rings. The van der Waals surface area contributed by atoms with Gasteiger partial charge in [-0.1, -0.05) is 42.0 Å². The van der Waals surface area contributed by atoms with Gasteiger partial charge in [0.2, 0.25) is 0 Å². The Labute approximate surface area is 103 Å². The summed E-state index contributed by atoms with van der Waals surface area (Å²) in [6.45, 7) is 6.31. The first-order valence-electron chi connectivity index (χ1n) is 5.90. The molecular weight excluding hydrogens is 208 g/mol. The smallest absolute Gasteiger partial charge is 0.0686 e. The van der Waals surface area contributed by atoms with Gasteiger partial charge in [0.05, 0.1) is 6.61 Å². The van der Waals surface area contributed by atoms with Crippen molar-refractivity contribution in [2.75, 3.05) is 0 Å². The molecule has 17 heavy (non-hydrogen) atoms. The van der Waals surface area contributed by atoms with E-state index in [9.17, 15) is 5.11 Å².